The van der Waals surface area contributed by atoms with Crippen molar-refractivity contribution in [2.75, 3.05) is 32.7 Å². The molecule has 11 heteroatoms. The van der Waals surface area contributed by atoms with Crippen LogP contribution in [0.3, 0.4) is 0 Å². The summed E-state index contributed by atoms with van der Waals surface area (Å²) < 4.78 is 89.1. The molecule has 1 atom stereocenters. The van der Waals surface area contributed by atoms with Crippen molar-refractivity contribution in [3.63, 3.8) is 0 Å². The van der Waals surface area contributed by atoms with E-state index in [1.807, 2.05) is 4.90 Å². The largest absolute Gasteiger partial charge is 0.367 e. The van der Waals surface area contributed by atoms with E-state index in [2.05, 4.69) is 0 Å². The zero-order chi connectivity index (χ0) is 25.9. The topological polar surface area (TPSA) is 49.9 Å². The van der Waals surface area contributed by atoms with E-state index in [-0.39, 0.29) is 38.3 Å². The van der Waals surface area contributed by atoms with Crippen LogP contribution >= 0.6 is 11.6 Å². The van der Waals surface area contributed by atoms with Crippen LogP contribution in [0.25, 0.3) is 0 Å². The van der Waals surface area contributed by atoms with E-state index >= 15 is 0 Å². The molecule has 3 aromatic carbocycles. The van der Waals surface area contributed by atoms with Gasteiger partial charge in [-0.2, -0.15) is 4.31 Å². The molecule has 0 bridgehead atoms. The molecule has 0 N–H and O–H groups in total. The van der Waals surface area contributed by atoms with Gasteiger partial charge in [0, 0.05) is 43.3 Å². The van der Waals surface area contributed by atoms with E-state index in [1.54, 1.807) is 24.3 Å². The predicted octanol–water partition coefficient (Wildman–Crippen LogP) is 5.16. The highest BCUT2D eigenvalue weighted by Gasteiger charge is 2.33. The minimum Gasteiger partial charge on any atom is -0.367 e. The number of nitrogens with zero attached hydrogens (tertiary/aromatic N) is 2. The fraction of sp³-hybridized carbons (Fsp3) is 0.280. The van der Waals surface area contributed by atoms with E-state index in [1.165, 1.54) is 6.07 Å². The van der Waals surface area contributed by atoms with Gasteiger partial charge in [0.1, 0.15) is 23.3 Å². The highest BCUT2D eigenvalue weighted by molar-refractivity contribution is 7.89. The van der Waals surface area contributed by atoms with Crippen molar-refractivity contribution in [2.45, 2.75) is 17.6 Å². The molecule has 0 saturated carbocycles. The number of hydrogen-bond donors (Lipinski definition) is 0. The molecule has 0 aliphatic carbocycles. The van der Waals surface area contributed by atoms with Crippen LogP contribution in [-0.2, 0) is 21.4 Å². The molecule has 1 heterocycles. The van der Waals surface area contributed by atoms with Crippen LogP contribution in [0.1, 0.15) is 17.2 Å². The van der Waals surface area contributed by atoms with Crippen molar-refractivity contribution >= 4 is 21.6 Å². The highest BCUT2D eigenvalue weighted by Crippen LogP contribution is 2.27. The van der Waals surface area contributed by atoms with Gasteiger partial charge < -0.3 is 4.74 Å². The quantitative estimate of drug-likeness (QED) is 0.369. The maximum Gasteiger partial charge on any atom is 0.249 e. The number of piperazine rings is 1. The summed E-state index contributed by atoms with van der Waals surface area (Å²) in [6, 6.07) is 13.3. The summed E-state index contributed by atoms with van der Waals surface area (Å²) in [5.74, 6) is -3.73. The number of rotatable bonds is 8. The number of ether oxygens (including phenoxy) is 1. The molecule has 1 aliphatic heterocycles. The Hall–Kier alpha value is -2.50. The van der Waals surface area contributed by atoms with Crippen molar-refractivity contribution in [3.8, 4) is 0 Å². The monoisotopic (exact) mass is 542 g/mol. The van der Waals surface area contributed by atoms with Crippen LogP contribution in [0.2, 0.25) is 5.02 Å². The molecule has 3 aromatic rings. The van der Waals surface area contributed by atoms with Gasteiger partial charge >= 0.3 is 0 Å². The van der Waals surface area contributed by atoms with Gasteiger partial charge in [0.25, 0.3) is 0 Å². The van der Waals surface area contributed by atoms with E-state index in [0.717, 1.165) is 40.2 Å². The van der Waals surface area contributed by atoms with Crippen LogP contribution < -0.4 is 0 Å². The lowest BCUT2D eigenvalue weighted by Gasteiger charge is -2.36. The third-order valence-electron chi connectivity index (χ3n) is 6.00. The Labute approximate surface area is 211 Å². The van der Waals surface area contributed by atoms with Crippen LogP contribution in [-0.4, -0.2) is 50.3 Å². The second-order valence-corrected chi connectivity index (χ2v) is 10.6. The maximum atomic E-state index is 14.1. The van der Waals surface area contributed by atoms with Crippen molar-refractivity contribution in [1.82, 2.24) is 9.21 Å². The number of halogens is 5. The second-order valence-electron chi connectivity index (χ2n) is 8.31. The van der Waals surface area contributed by atoms with Gasteiger partial charge in [-0.15, -0.1) is 0 Å². The van der Waals surface area contributed by atoms with Crippen LogP contribution in [0.5, 0.6) is 0 Å². The average molecular weight is 543 g/mol. The minimum absolute atomic E-state index is 0.00534. The zero-order valence-electron chi connectivity index (χ0n) is 19.0. The third-order valence-corrected chi connectivity index (χ3v) is 8.21. The van der Waals surface area contributed by atoms with Crippen LogP contribution in [0, 0.1) is 23.3 Å². The van der Waals surface area contributed by atoms with Crippen molar-refractivity contribution < 1.29 is 30.7 Å². The van der Waals surface area contributed by atoms with Gasteiger partial charge in [-0.05, 0) is 42.0 Å². The first-order valence-electron chi connectivity index (χ1n) is 11.1. The smallest absolute Gasteiger partial charge is 0.249 e. The summed E-state index contributed by atoms with van der Waals surface area (Å²) in [6.07, 6.45) is -0.603. The lowest BCUT2D eigenvalue weighted by Crippen LogP contribution is -2.49. The number of benzene rings is 3. The standard InChI is InChI=1S/C25H23ClF4N2O3S/c26-18-9-7-17(8-10-18)24(35-16-19-20(27)3-1-4-21(19)28)15-31-11-13-32(14-12-31)36(33,34)25-22(29)5-2-6-23(25)30/h1-10,24H,11-16H2/t24-/m1/s1. The fourth-order valence-corrected chi connectivity index (χ4v) is 5.69. The average Bonchev–Trinajstić information content (AvgIpc) is 2.83. The summed E-state index contributed by atoms with van der Waals surface area (Å²) in [5, 5.41) is 0.511. The molecule has 36 heavy (non-hydrogen) atoms. The number of sulfonamides is 1. The van der Waals surface area contributed by atoms with E-state index in [0.29, 0.717) is 11.6 Å². The Bertz CT molecular complexity index is 1280. The summed E-state index contributed by atoms with van der Waals surface area (Å²) >= 11 is 5.99. The highest BCUT2D eigenvalue weighted by atomic mass is 35.5. The van der Waals surface area contributed by atoms with Crippen LogP contribution in [0.4, 0.5) is 17.6 Å². The third kappa shape index (κ3) is 5.90. The van der Waals surface area contributed by atoms with Gasteiger partial charge in [0.2, 0.25) is 10.0 Å². The Morgan fingerprint density at radius 1 is 0.806 bits per heavy atom. The van der Waals surface area contributed by atoms with Gasteiger partial charge in [0.15, 0.2) is 4.90 Å². The molecule has 4 rings (SSSR count). The Morgan fingerprint density at radius 2 is 1.33 bits per heavy atom. The number of hydrogen-bond acceptors (Lipinski definition) is 4. The van der Waals surface area contributed by atoms with Crippen molar-refractivity contribution in [2.24, 2.45) is 0 Å². The first-order chi connectivity index (χ1) is 17.2. The first-order valence-corrected chi connectivity index (χ1v) is 12.9. The Balaban J connectivity index is 1.46. The van der Waals surface area contributed by atoms with Crippen molar-refractivity contribution in [1.29, 1.82) is 0 Å². The predicted molar refractivity (Wildman–Crippen MR) is 127 cm³/mol. The fourth-order valence-electron chi connectivity index (χ4n) is 4.03. The maximum absolute atomic E-state index is 14.1. The molecule has 0 spiro atoms. The van der Waals surface area contributed by atoms with E-state index in [4.69, 9.17) is 16.3 Å². The van der Waals surface area contributed by atoms with Gasteiger partial charge in [-0.25, -0.2) is 26.0 Å². The molecule has 0 aromatic heterocycles. The summed E-state index contributed by atoms with van der Waals surface area (Å²) in [6.45, 7) is 0.511. The minimum atomic E-state index is -4.36. The normalized spacial score (nSPS) is 16.2. The molecule has 0 radical (unpaired) electrons. The summed E-state index contributed by atoms with van der Waals surface area (Å²) in [5.41, 5.74) is 0.527. The molecule has 1 saturated heterocycles. The SMILES string of the molecule is O=S(=O)(c1c(F)cccc1F)N1CCN(C[C@@H](OCc2c(F)cccc2F)c2ccc(Cl)cc2)CC1. The molecule has 0 amide bonds. The van der Waals surface area contributed by atoms with E-state index < -0.39 is 44.3 Å². The molecule has 1 fully saturated rings. The van der Waals surface area contributed by atoms with Gasteiger partial charge in [0.05, 0.1) is 12.7 Å². The van der Waals surface area contributed by atoms with Gasteiger partial charge in [-0.3, -0.25) is 4.90 Å². The first kappa shape index (κ1) is 26.6. The van der Waals surface area contributed by atoms with Crippen molar-refractivity contribution in [3.05, 3.63) is 100 Å². The lowest BCUT2D eigenvalue weighted by molar-refractivity contribution is 0.00545. The molecule has 1 aliphatic rings. The molecule has 5 nitrogen and oxygen atoms in total. The summed E-state index contributed by atoms with van der Waals surface area (Å²) in [4.78, 5) is 0.952. The second kappa shape index (κ2) is 11.3. The molecular formula is C25H23ClF4N2O3S. The molecule has 192 valence electrons. The molecular weight excluding hydrogens is 520 g/mol. The Kier molecular flexibility index (Phi) is 8.31. The summed E-state index contributed by atoms with van der Waals surface area (Å²) in [7, 11) is -4.36. The van der Waals surface area contributed by atoms with Crippen LogP contribution in [0.15, 0.2) is 65.6 Å². The lowest BCUT2D eigenvalue weighted by atomic mass is 10.1. The van der Waals surface area contributed by atoms with E-state index in [9.17, 15) is 26.0 Å². The van der Waals surface area contributed by atoms with Gasteiger partial charge in [-0.1, -0.05) is 35.9 Å². The molecule has 0 unspecified atom stereocenters. The Morgan fingerprint density at radius 3 is 1.89 bits per heavy atom. The zero-order valence-corrected chi connectivity index (χ0v) is 20.6.